The molecule has 144 valence electrons. The van der Waals surface area contributed by atoms with Gasteiger partial charge in [-0.1, -0.05) is 24.3 Å². The summed E-state index contributed by atoms with van der Waals surface area (Å²) in [6.45, 7) is 1.97. The first-order valence-electron chi connectivity index (χ1n) is 9.64. The van der Waals surface area contributed by atoms with Crippen LogP contribution in [0.4, 0.5) is 0 Å². The Balaban J connectivity index is 1.68. The number of aromatic amines is 1. The highest BCUT2D eigenvalue weighted by Crippen LogP contribution is 2.33. The van der Waals surface area contributed by atoms with Crippen LogP contribution in [0, 0.1) is 6.92 Å². The topological polar surface area (TPSA) is 71.5 Å². The maximum atomic E-state index is 11.2. The zero-order valence-corrected chi connectivity index (χ0v) is 16.3. The first-order valence-corrected chi connectivity index (χ1v) is 9.64. The minimum Gasteiger partial charge on any atom is -0.346 e. The molecule has 0 bridgehead atoms. The van der Waals surface area contributed by atoms with E-state index in [0.29, 0.717) is 5.56 Å². The van der Waals surface area contributed by atoms with Gasteiger partial charge in [0, 0.05) is 46.4 Å². The average Bonchev–Trinajstić information content (AvgIpc) is 3.27. The van der Waals surface area contributed by atoms with Crippen molar-refractivity contribution >= 4 is 17.3 Å². The van der Waals surface area contributed by atoms with Crippen LogP contribution in [0.2, 0.25) is 0 Å². The number of hydrogen-bond acceptors (Lipinski definition) is 4. The van der Waals surface area contributed by atoms with E-state index < -0.39 is 0 Å². The van der Waals surface area contributed by atoms with E-state index in [0.717, 1.165) is 56.7 Å². The summed E-state index contributed by atoms with van der Waals surface area (Å²) in [6, 6.07) is 19.6. The van der Waals surface area contributed by atoms with Gasteiger partial charge in [-0.25, -0.2) is 4.98 Å². The third-order valence-corrected chi connectivity index (χ3v) is 5.08. The highest BCUT2D eigenvalue weighted by atomic mass is 16.1. The Labute approximate surface area is 173 Å². The summed E-state index contributed by atoms with van der Waals surface area (Å²) in [5, 5.41) is 1.02. The number of hydrogen-bond donors (Lipinski definition) is 1. The molecule has 1 N–H and O–H groups in total. The lowest BCUT2D eigenvalue weighted by Crippen LogP contribution is -1.93. The number of H-pyrrole nitrogens is 1. The zero-order chi connectivity index (χ0) is 20.5. The molecular formula is C25H18N4O. The van der Waals surface area contributed by atoms with Crippen LogP contribution in [0.25, 0.3) is 44.7 Å². The fourth-order valence-electron chi connectivity index (χ4n) is 3.63. The number of rotatable bonds is 4. The van der Waals surface area contributed by atoms with Gasteiger partial charge in [0.25, 0.3) is 0 Å². The first-order chi connectivity index (χ1) is 14.7. The van der Waals surface area contributed by atoms with Crippen LogP contribution in [0.1, 0.15) is 16.1 Å². The van der Waals surface area contributed by atoms with Crippen molar-refractivity contribution in [2.45, 2.75) is 6.92 Å². The number of aryl methyl sites for hydroxylation is 1. The molecule has 5 nitrogen and oxygen atoms in total. The molecule has 0 radical (unpaired) electrons. The Hall–Kier alpha value is -4.12. The van der Waals surface area contributed by atoms with Gasteiger partial charge in [0.2, 0.25) is 0 Å². The fourth-order valence-corrected chi connectivity index (χ4v) is 3.63. The minimum atomic E-state index is 0.641. The lowest BCUT2D eigenvalue weighted by atomic mass is 9.99. The number of fused-ring (bicyclic) bond motifs is 1. The second kappa shape index (κ2) is 7.37. The molecule has 30 heavy (non-hydrogen) atoms. The molecule has 5 rings (SSSR count). The Morgan fingerprint density at radius 3 is 2.57 bits per heavy atom. The molecule has 5 heteroatoms. The van der Waals surface area contributed by atoms with E-state index in [1.54, 1.807) is 6.07 Å². The van der Waals surface area contributed by atoms with Crippen molar-refractivity contribution < 1.29 is 4.79 Å². The second-order valence-electron chi connectivity index (χ2n) is 7.16. The third-order valence-electron chi connectivity index (χ3n) is 5.08. The quantitative estimate of drug-likeness (QED) is 0.413. The number of carbonyl (C=O) groups excluding carboxylic acids is 1. The van der Waals surface area contributed by atoms with Crippen LogP contribution in [0.15, 0.2) is 79.3 Å². The molecule has 0 unspecified atom stereocenters. The van der Waals surface area contributed by atoms with Gasteiger partial charge < -0.3 is 4.98 Å². The van der Waals surface area contributed by atoms with Crippen LogP contribution in [0.5, 0.6) is 0 Å². The van der Waals surface area contributed by atoms with E-state index in [1.807, 2.05) is 68.0 Å². The molecule has 0 spiro atoms. The average molecular weight is 390 g/mol. The molecule has 0 aliphatic heterocycles. The number of aldehydes is 1. The molecule has 0 fully saturated rings. The van der Waals surface area contributed by atoms with Gasteiger partial charge in [-0.05, 0) is 54.4 Å². The molecule has 5 aromatic rings. The monoisotopic (exact) mass is 390 g/mol. The van der Waals surface area contributed by atoms with Gasteiger partial charge in [0.05, 0.1) is 11.4 Å². The Morgan fingerprint density at radius 2 is 1.70 bits per heavy atom. The van der Waals surface area contributed by atoms with Crippen LogP contribution >= 0.6 is 0 Å². The molecule has 4 heterocycles. The largest absolute Gasteiger partial charge is 0.346 e. The number of nitrogens with zero attached hydrogens (tertiary/aromatic N) is 3. The van der Waals surface area contributed by atoms with Gasteiger partial charge in [0.1, 0.15) is 11.9 Å². The summed E-state index contributed by atoms with van der Waals surface area (Å²) >= 11 is 0. The highest BCUT2D eigenvalue weighted by molar-refractivity contribution is 5.95. The zero-order valence-electron chi connectivity index (χ0n) is 16.3. The molecular weight excluding hydrogens is 372 g/mol. The summed E-state index contributed by atoms with van der Waals surface area (Å²) in [5.41, 5.74) is 7.93. The molecule has 0 amide bonds. The fraction of sp³-hybridized carbons (Fsp3) is 0.0400. The lowest BCUT2D eigenvalue weighted by molar-refractivity contribution is 0.112. The number of carbonyl (C=O) groups is 1. The van der Waals surface area contributed by atoms with Crippen molar-refractivity contribution in [3.05, 3.63) is 90.5 Å². The summed E-state index contributed by atoms with van der Waals surface area (Å²) in [7, 11) is 0. The van der Waals surface area contributed by atoms with Crippen molar-refractivity contribution in [2.24, 2.45) is 0 Å². The standard InChI is InChI=1S/C25H18N4O/c1-16-4-2-7-23(28-16)24-12-22(21-8-9-27-25(21)29-24)20-11-19(13-26-14-20)18-6-3-5-17(10-18)15-30/h2-15H,1H3,(H,27,29). The molecule has 1 aromatic carbocycles. The van der Waals surface area contributed by atoms with Gasteiger partial charge >= 0.3 is 0 Å². The van der Waals surface area contributed by atoms with Crippen LogP contribution in [0.3, 0.4) is 0 Å². The molecule has 0 saturated carbocycles. The van der Waals surface area contributed by atoms with E-state index in [9.17, 15) is 4.79 Å². The number of nitrogens with one attached hydrogen (secondary N) is 1. The smallest absolute Gasteiger partial charge is 0.150 e. The van der Waals surface area contributed by atoms with Crippen molar-refractivity contribution in [2.75, 3.05) is 0 Å². The predicted octanol–water partition coefficient (Wildman–Crippen LogP) is 5.47. The van der Waals surface area contributed by atoms with Crippen molar-refractivity contribution in [1.29, 1.82) is 0 Å². The molecule has 0 saturated heterocycles. The Bertz CT molecular complexity index is 1390. The molecule has 4 aromatic heterocycles. The van der Waals surface area contributed by atoms with E-state index in [1.165, 1.54) is 0 Å². The van der Waals surface area contributed by atoms with E-state index in [2.05, 4.69) is 27.1 Å². The SMILES string of the molecule is Cc1cccc(-c2cc(-c3cncc(-c4cccc(C=O)c4)c3)c3cc[nH]c3n2)n1. The van der Waals surface area contributed by atoms with Gasteiger partial charge in [-0.3, -0.25) is 14.8 Å². The number of benzene rings is 1. The Morgan fingerprint density at radius 1 is 0.833 bits per heavy atom. The van der Waals surface area contributed by atoms with Gasteiger partial charge in [-0.2, -0.15) is 0 Å². The third kappa shape index (κ3) is 3.26. The van der Waals surface area contributed by atoms with Crippen molar-refractivity contribution in [1.82, 2.24) is 19.9 Å². The van der Waals surface area contributed by atoms with Crippen LogP contribution in [-0.4, -0.2) is 26.2 Å². The Kier molecular flexibility index (Phi) is 4.41. The maximum Gasteiger partial charge on any atom is 0.150 e. The predicted molar refractivity (Wildman–Crippen MR) is 118 cm³/mol. The van der Waals surface area contributed by atoms with E-state index in [4.69, 9.17) is 4.98 Å². The summed E-state index contributed by atoms with van der Waals surface area (Å²) in [4.78, 5) is 28.2. The first kappa shape index (κ1) is 17.9. The summed E-state index contributed by atoms with van der Waals surface area (Å²) in [5.74, 6) is 0. The van der Waals surface area contributed by atoms with Gasteiger partial charge in [-0.15, -0.1) is 0 Å². The van der Waals surface area contributed by atoms with Crippen molar-refractivity contribution in [3.63, 3.8) is 0 Å². The highest BCUT2D eigenvalue weighted by Gasteiger charge is 2.12. The minimum absolute atomic E-state index is 0.641. The molecule has 0 atom stereocenters. The summed E-state index contributed by atoms with van der Waals surface area (Å²) < 4.78 is 0. The maximum absolute atomic E-state index is 11.2. The molecule has 0 aliphatic rings. The lowest BCUT2D eigenvalue weighted by Gasteiger charge is -2.09. The summed E-state index contributed by atoms with van der Waals surface area (Å²) in [6.07, 6.45) is 6.40. The number of aromatic nitrogens is 4. The van der Waals surface area contributed by atoms with E-state index >= 15 is 0 Å². The van der Waals surface area contributed by atoms with Gasteiger partial charge in [0.15, 0.2) is 0 Å². The second-order valence-corrected chi connectivity index (χ2v) is 7.16. The van der Waals surface area contributed by atoms with Crippen molar-refractivity contribution in [3.8, 4) is 33.6 Å². The normalized spacial score (nSPS) is 11.0. The molecule has 0 aliphatic carbocycles. The number of pyridine rings is 3. The van der Waals surface area contributed by atoms with Crippen LogP contribution in [-0.2, 0) is 0 Å². The van der Waals surface area contributed by atoms with Crippen LogP contribution < -0.4 is 0 Å². The van der Waals surface area contributed by atoms with E-state index in [-0.39, 0.29) is 0 Å².